The normalized spacial score (nSPS) is 21.0. The highest BCUT2D eigenvalue weighted by molar-refractivity contribution is 5.72. The molecule has 1 aliphatic carbocycles. The van der Waals surface area contributed by atoms with Crippen molar-refractivity contribution in [2.45, 2.75) is 90.9 Å². The fourth-order valence-corrected chi connectivity index (χ4v) is 5.23. The third kappa shape index (κ3) is 3.08. The van der Waals surface area contributed by atoms with Gasteiger partial charge < -0.3 is 0 Å². The van der Waals surface area contributed by atoms with E-state index in [4.69, 9.17) is 4.98 Å². The van der Waals surface area contributed by atoms with Crippen molar-refractivity contribution in [2.24, 2.45) is 0 Å². The molecule has 0 spiro atoms. The van der Waals surface area contributed by atoms with Crippen LogP contribution in [-0.2, 0) is 23.7 Å². The highest BCUT2D eigenvalue weighted by Gasteiger charge is 2.46. The van der Waals surface area contributed by atoms with Gasteiger partial charge in [-0.2, -0.15) is 0 Å². The van der Waals surface area contributed by atoms with Gasteiger partial charge in [0.25, 0.3) is 0 Å². The highest BCUT2D eigenvalue weighted by Crippen LogP contribution is 2.54. The Morgan fingerprint density at radius 1 is 1.04 bits per heavy atom. The molecule has 2 aromatic rings. The lowest BCUT2D eigenvalue weighted by molar-refractivity contribution is 0.347. The van der Waals surface area contributed by atoms with Gasteiger partial charge in [0.1, 0.15) is 0 Å². The van der Waals surface area contributed by atoms with E-state index in [1.807, 2.05) is 6.20 Å². The molecule has 1 unspecified atom stereocenters. The first-order chi connectivity index (χ1) is 12.4. The average Bonchev–Trinajstić information content (AvgIpc) is 2.85. The predicted octanol–water partition coefficient (Wildman–Crippen LogP) is 6.40. The van der Waals surface area contributed by atoms with Crippen molar-refractivity contribution in [1.29, 1.82) is 0 Å². The van der Waals surface area contributed by atoms with Gasteiger partial charge in [0.05, 0.1) is 5.69 Å². The molecule has 0 bridgehead atoms. The smallest absolute Gasteiger partial charge is 0.0755 e. The first kappa shape index (κ1) is 19.1. The van der Waals surface area contributed by atoms with Crippen LogP contribution in [-0.4, -0.2) is 9.97 Å². The molecule has 0 saturated heterocycles. The lowest BCUT2D eigenvalue weighted by Gasteiger charge is -2.29. The molecular weight excluding hydrogens is 316 g/mol. The highest BCUT2D eigenvalue weighted by atomic mass is 14.7. The van der Waals surface area contributed by atoms with Crippen molar-refractivity contribution < 1.29 is 0 Å². The molecular formula is C24H34N2. The number of aromatic nitrogens is 2. The van der Waals surface area contributed by atoms with E-state index >= 15 is 0 Å². The second kappa shape index (κ2) is 7.13. The summed E-state index contributed by atoms with van der Waals surface area (Å²) in [7, 11) is 0. The molecule has 2 heteroatoms. The van der Waals surface area contributed by atoms with Crippen molar-refractivity contribution >= 4 is 0 Å². The summed E-state index contributed by atoms with van der Waals surface area (Å²) in [6.45, 7) is 14.0. The fraction of sp³-hybridized carbons (Fsp3) is 0.583. The van der Waals surface area contributed by atoms with Crippen LogP contribution in [0.1, 0.15) is 89.5 Å². The fourth-order valence-electron chi connectivity index (χ4n) is 5.23. The van der Waals surface area contributed by atoms with Crippen LogP contribution in [0.5, 0.6) is 0 Å². The van der Waals surface area contributed by atoms with Crippen molar-refractivity contribution in [1.82, 2.24) is 9.97 Å². The predicted molar refractivity (Wildman–Crippen MR) is 111 cm³/mol. The van der Waals surface area contributed by atoms with E-state index in [9.17, 15) is 0 Å². The molecule has 140 valence electrons. The zero-order valence-corrected chi connectivity index (χ0v) is 17.4. The minimum atomic E-state index is 0.176. The maximum atomic E-state index is 4.86. The Morgan fingerprint density at radius 2 is 1.81 bits per heavy atom. The quantitative estimate of drug-likeness (QED) is 0.602. The summed E-state index contributed by atoms with van der Waals surface area (Å²) in [5.74, 6) is 0. The lowest BCUT2D eigenvalue weighted by Crippen LogP contribution is -2.22. The number of aryl methyl sites for hydroxylation is 1. The van der Waals surface area contributed by atoms with Gasteiger partial charge in [0.2, 0.25) is 0 Å². The van der Waals surface area contributed by atoms with Gasteiger partial charge in [-0.3, -0.25) is 9.97 Å². The number of pyridine rings is 2. The molecule has 0 N–H and O–H groups in total. The van der Waals surface area contributed by atoms with Gasteiger partial charge in [-0.1, -0.05) is 54.4 Å². The molecule has 0 radical (unpaired) electrons. The van der Waals surface area contributed by atoms with E-state index in [2.05, 4.69) is 65.0 Å². The van der Waals surface area contributed by atoms with E-state index in [1.54, 1.807) is 0 Å². The second-order valence-electron chi connectivity index (χ2n) is 8.84. The number of hydrogen-bond donors (Lipinski definition) is 0. The van der Waals surface area contributed by atoms with Gasteiger partial charge in [0.15, 0.2) is 0 Å². The first-order valence-electron chi connectivity index (χ1n) is 10.3. The Bertz CT molecular complexity index is 791. The Balaban J connectivity index is 2.26. The number of fused-ring (bicyclic) bond motifs is 1. The molecule has 2 nitrogen and oxygen atoms in total. The van der Waals surface area contributed by atoms with Crippen molar-refractivity contribution in [3.63, 3.8) is 0 Å². The van der Waals surface area contributed by atoms with Crippen LogP contribution < -0.4 is 0 Å². The van der Waals surface area contributed by atoms with Gasteiger partial charge in [-0.05, 0) is 64.8 Å². The van der Waals surface area contributed by atoms with Crippen molar-refractivity contribution in [3.05, 3.63) is 46.9 Å². The van der Waals surface area contributed by atoms with Crippen LogP contribution in [0.25, 0.3) is 11.3 Å². The monoisotopic (exact) mass is 350 g/mol. The van der Waals surface area contributed by atoms with Gasteiger partial charge in [0, 0.05) is 24.2 Å². The summed E-state index contributed by atoms with van der Waals surface area (Å²) in [6, 6.07) is 2.18. The molecule has 0 aliphatic heterocycles. The Kier molecular flexibility index (Phi) is 5.23. The lowest BCUT2D eigenvalue weighted by atomic mass is 9.75. The summed E-state index contributed by atoms with van der Waals surface area (Å²) in [4.78, 5) is 9.52. The molecule has 2 heterocycles. The van der Waals surface area contributed by atoms with Crippen LogP contribution in [0, 0.1) is 0 Å². The van der Waals surface area contributed by atoms with E-state index in [0.29, 0.717) is 0 Å². The summed E-state index contributed by atoms with van der Waals surface area (Å²) in [6.07, 6.45) is 13.2. The van der Waals surface area contributed by atoms with Gasteiger partial charge >= 0.3 is 0 Å². The average molecular weight is 351 g/mol. The minimum Gasteiger partial charge on any atom is -0.264 e. The first-order valence-corrected chi connectivity index (χ1v) is 10.3. The topological polar surface area (TPSA) is 25.8 Å². The molecule has 26 heavy (non-hydrogen) atoms. The minimum absolute atomic E-state index is 0.176. The zero-order chi connectivity index (χ0) is 18.9. The third-order valence-corrected chi connectivity index (χ3v) is 6.34. The molecule has 0 aromatic carbocycles. The maximum absolute atomic E-state index is 4.86. The largest absolute Gasteiger partial charge is 0.264 e. The molecule has 3 rings (SSSR count). The number of unbranched alkanes of at least 4 members (excludes halogenated alkanes) is 1. The molecule has 2 aromatic heterocycles. The van der Waals surface area contributed by atoms with E-state index in [-0.39, 0.29) is 10.8 Å². The summed E-state index contributed by atoms with van der Waals surface area (Å²) in [5.41, 5.74) is 8.59. The third-order valence-electron chi connectivity index (χ3n) is 6.34. The summed E-state index contributed by atoms with van der Waals surface area (Å²) in [5, 5.41) is 0. The SMILES string of the molecule is CCCCC1(C)CC(C)(C)c2cncc(-c3nccc(CC)c3CC)c21. The van der Waals surface area contributed by atoms with E-state index < -0.39 is 0 Å². The summed E-state index contributed by atoms with van der Waals surface area (Å²) < 4.78 is 0. The summed E-state index contributed by atoms with van der Waals surface area (Å²) >= 11 is 0. The Morgan fingerprint density at radius 3 is 2.46 bits per heavy atom. The van der Waals surface area contributed by atoms with Crippen LogP contribution in [0.2, 0.25) is 0 Å². The van der Waals surface area contributed by atoms with E-state index in [1.165, 1.54) is 53.5 Å². The molecule has 0 fully saturated rings. The molecule has 0 amide bonds. The Hall–Kier alpha value is -1.70. The second-order valence-corrected chi connectivity index (χ2v) is 8.84. The van der Waals surface area contributed by atoms with Gasteiger partial charge in [-0.25, -0.2) is 0 Å². The molecule has 1 aliphatic rings. The van der Waals surface area contributed by atoms with Crippen LogP contribution >= 0.6 is 0 Å². The Labute approximate surface area is 159 Å². The number of rotatable bonds is 6. The standard InChI is InChI=1S/C24H34N2/c1-7-10-12-24(6)16-23(4,5)20-15-25-14-19(21(20)24)22-18(9-3)17(8-2)11-13-26-22/h11,13-15H,7-10,12,16H2,1-6H3. The van der Waals surface area contributed by atoms with Crippen LogP contribution in [0.15, 0.2) is 24.7 Å². The zero-order valence-electron chi connectivity index (χ0n) is 17.4. The van der Waals surface area contributed by atoms with Crippen LogP contribution in [0.3, 0.4) is 0 Å². The van der Waals surface area contributed by atoms with Crippen molar-refractivity contribution in [2.75, 3.05) is 0 Å². The molecule has 1 atom stereocenters. The van der Waals surface area contributed by atoms with Gasteiger partial charge in [-0.15, -0.1) is 0 Å². The van der Waals surface area contributed by atoms with E-state index in [0.717, 1.165) is 18.5 Å². The molecule has 0 saturated carbocycles. The van der Waals surface area contributed by atoms with Crippen LogP contribution in [0.4, 0.5) is 0 Å². The maximum Gasteiger partial charge on any atom is 0.0755 e. The number of hydrogen-bond acceptors (Lipinski definition) is 2. The van der Waals surface area contributed by atoms with Crippen molar-refractivity contribution in [3.8, 4) is 11.3 Å². The number of nitrogens with zero attached hydrogens (tertiary/aromatic N) is 2.